The van der Waals surface area contributed by atoms with Gasteiger partial charge in [0.25, 0.3) is 0 Å². The number of nitrogens with zero attached hydrogens (tertiary/aromatic N) is 2. The number of hydrogen-bond donors (Lipinski definition) is 11. The molecule has 0 spiro atoms. The van der Waals surface area contributed by atoms with E-state index in [-0.39, 0.29) is 62.6 Å². The van der Waals surface area contributed by atoms with Gasteiger partial charge in [0.2, 0.25) is 47.3 Å². The summed E-state index contributed by atoms with van der Waals surface area (Å²) in [7, 11) is 0. The fourth-order valence-electron chi connectivity index (χ4n) is 8.71. The van der Waals surface area contributed by atoms with E-state index in [4.69, 9.17) is 5.73 Å². The monoisotopic (exact) mass is 1010 g/mol. The van der Waals surface area contributed by atoms with Crippen molar-refractivity contribution in [1.29, 1.82) is 0 Å². The number of aromatic hydroxyl groups is 2. The number of carbonyl (C=O) groups is 9. The number of rotatable bonds is 24. The number of benzene rings is 2. The minimum Gasteiger partial charge on any atom is -0.508 e. The molecule has 9 atom stereocenters. The van der Waals surface area contributed by atoms with Crippen LogP contribution in [0.2, 0.25) is 0 Å². The van der Waals surface area contributed by atoms with Crippen LogP contribution in [0.4, 0.5) is 0 Å². The number of carbonyl (C=O) groups excluding carboxylic acids is 8. The first-order valence-corrected chi connectivity index (χ1v) is 24.5. The quantitative estimate of drug-likeness (QED) is 0.0636. The van der Waals surface area contributed by atoms with Gasteiger partial charge in [-0.2, -0.15) is 0 Å². The summed E-state index contributed by atoms with van der Waals surface area (Å²) in [6.07, 6.45) is 0.144. The van der Waals surface area contributed by atoms with Crippen molar-refractivity contribution in [2.45, 2.75) is 148 Å². The maximum Gasteiger partial charge on any atom is 0.326 e. The Morgan fingerprint density at radius 2 is 1.08 bits per heavy atom. The van der Waals surface area contributed by atoms with Crippen LogP contribution in [0.1, 0.15) is 91.7 Å². The van der Waals surface area contributed by atoms with Crippen molar-refractivity contribution in [3.63, 3.8) is 0 Å². The molecule has 2 aromatic rings. The lowest BCUT2D eigenvalue weighted by Crippen LogP contribution is -2.61. The highest BCUT2D eigenvalue weighted by Crippen LogP contribution is 2.23. The second kappa shape index (κ2) is 26.6. The lowest BCUT2D eigenvalue weighted by molar-refractivity contribution is -0.144. The number of likely N-dealkylation sites (tertiary alicyclic amines) is 2. The number of nitrogens with one attached hydrogen (secondary N) is 6. The third-order valence-electron chi connectivity index (χ3n) is 12.7. The number of aliphatic hydroxyl groups excluding tert-OH is 1. The normalized spacial score (nSPS) is 18.6. The van der Waals surface area contributed by atoms with Crippen molar-refractivity contribution in [2.75, 3.05) is 19.6 Å². The molecule has 0 saturated carbocycles. The Hall–Kier alpha value is -6.81. The van der Waals surface area contributed by atoms with Gasteiger partial charge in [0.05, 0.1) is 18.7 Å². The Bertz CT molecular complexity index is 2240. The Labute approximate surface area is 419 Å². The molecule has 2 aliphatic rings. The summed E-state index contributed by atoms with van der Waals surface area (Å²) in [5, 5.41) is 55.1. The van der Waals surface area contributed by atoms with Gasteiger partial charge in [0.15, 0.2) is 0 Å². The summed E-state index contributed by atoms with van der Waals surface area (Å²) in [5.74, 6) is -7.96. The van der Waals surface area contributed by atoms with Gasteiger partial charge in [0.1, 0.15) is 53.8 Å². The lowest BCUT2D eigenvalue weighted by Gasteiger charge is -2.31. The first-order valence-electron chi connectivity index (χ1n) is 24.5. The standard InChI is InChI=1S/C50H73N9O13/c1-26(2)22-35(53-43(64)34(51)23-30-12-16-32(61)17-13-30)44(65)54-36(24-31-14-18-33(62)19-15-31)49(70)59-21-9-10-37(59)45(66)52-25-39(63)58-20-8-11-38(58)46(67)55-40(27(3)4)47(68)57-42(29(7)60)48(69)56-41(28(5)6)50(71)72/h12-19,26-29,34-38,40-42,60-62H,8-11,20-25,51H2,1-7H3,(H,52,66)(H,53,64)(H,54,65)(H,55,67)(H,56,69)(H,57,68)(H,71,72)/t29-,34+,35+,36+,37+,38+,40+,41+,42+/m1/s1. The van der Waals surface area contributed by atoms with E-state index >= 15 is 0 Å². The molecule has 12 N–H and O–H groups in total. The average molecular weight is 1010 g/mol. The summed E-state index contributed by atoms with van der Waals surface area (Å²) in [6.45, 7) is 11.2. The number of aliphatic carboxylic acids is 1. The summed E-state index contributed by atoms with van der Waals surface area (Å²) < 4.78 is 0. The van der Waals surface area contributed by atoms with Crippen LogP contribution in [0, 0.1) is 17.8 Å². The number of nitrogens with two attached hydrogens (primary N) is 1. The first-order chi connectivity index (χ1) is 33.9. The molecule has 72 heavy (non-hydrogen) atoms. The van der Waals surface area contributed by atoms with Crippen molar-refractivity contribution >= 4 is 53.2 Å². The molecule has 0 radical (unpaired) electrons. The lowest BCUT2D eigenvalue weighted by atomic mass is 9.99. The molecule has 22 nitrogen and oxygen atoms in total. The molecular formula is C50H73N9O13. The molecule has 4 rings (SSSR count). The third kappa shape index (κ3) is 16.4. The molecule has 0 aromatic heterocycles. The van der Waals surface area contributed by atoms with Crippen LogP contribution < -0.4 is 37.6 Å². The summed E-state index contributed by atoms with van der Waals surface area (Å²) in [6, 6.07) is 2.68. The Balaban J connectivity index is 1.43. The maximum atomic E-state index is 14.5. The zero-order valence-corrected chi connectivity index (χ0v) is 42.1. The van der Waals surface area contributed by atoms with Gasteiger partial charge in [-0.05, 0) is 98.6 Å². The van der Waals surface area contributed by atoms with E-state index in [0.717, 1.165) is 0 Å². The number of phenols is 2. The molecule has 2 heterocycles. The Kier molecular flexibility index (Phi) is 21.3. The van der Waals surface area contributed by atoms with Crippen molar-refractivity contribution in [3.05, 3.63) is 59.7 Å². The molecule has 2 aromatic carbocycles. The van der Waals surface area contributed by atoms with E-state index in [1.165, 1.54) is 41.0 Å². The Morgan fingerprint density at radius 3 is 1.60 bits per heavy atom. The molecular weight excluding hydrogens is 935 g/mol. The van der Waals surface area contributed by atoms with Crippen molar-refractivity contribution in [1.82, 2.24) is 41.7 Å². The van der Waals surface area contributed by atoms with E-state index in [2.05, 4.69) is 31.9 Å². The van der Waals surface area contributed by atoms with Crippen molar-refractivity contribution < 1.29 is 63.6 Å². The largest absolute Gasteiger partial charge is 0.508 e. The number of phenolic OH excluding ortho intramolecular Hbond substituents is 2. The molecule has 0 aliphatic carbocycles. The zero-order chi connectivity index (χ0) is 53.6. The fraction of sp³-hybridized carbons (Fsp3) is 0.580. The summed E-state index contributed by atoms with van der Waals surface area (Å²) >= 11 is 0. The molecule has 2 aliphatic heterocycles. The molecule has 8 amide bonds. The van der Waals surface area contributed by atoms with Gasteiger partial charge in [-0.1, -0.05) is 65.8 Å². The summed E-state index contributed by atoms with van der Waals surface area (Å²) in [5.41, 5.74) is 7.50. The van der Waals surface area contributed by atoms with Gasteiger partial charge in [-0.3, -0.25) is 38.4 Å². The highest BCUT2D eigenvalue weighted by Gasteiger charge is 2.41. The highest BCUT2D eigenvalue weighted by atomic mass is 16.4. The Morgan fingerprint density at radius 1 is 0.597 bits per heavy atom. The van der Waals surface area contributed by atoms with Crippen LogP contribution in [-0.4, -0.2) is 158 Å². The van der Waals surface area contributed by atoms with E-state index in [9.17, 15) is 63.6 Å². The van der Waals surface area contributed by atoms with Gasteiger partial charge in [-0.15, -0.1) is 0 Å². The van der Waals surface area contributed by atoms with Crippen LogP contribution in [0.3, 0.4) is 0 Å². The SMILES string of the molecule is CC(C)C[C@H](NC(=O)[C@@H](N)Cc1ccc(O)cc1)C(=O)N[C@@H](Cc1ccc(O)cc1)C(=O)N1CCC[C@H]1C(=O)NCC(=O)N1CCC[C@H]1C(=O)N[C@H](C(=O)N[C@H](C(=O)N[C@H](C(=O)O)C(C)C)[C@@H](C)O)C(C)C. The minimum absolute atomic E-state index is 0.0191. The van der Waals surface area contributed by atoms with E-state index in [1.54, 1.807) is 52.0 Å². The predicted octanol–water partition coefficient (Wildman–Crippen LogP) is -0.444. The van der Waals surface area contributed by atoms with Gasteiger partial charge in [-0.25, -0.2) is 4.79 Å². The number of carboxylic acid groups (broad SMARTS) is 1. The van der Waals surface area contributed by atoms with Gasteiger partial charge >= 0.3 is 5.97 Å². The minimum atomic E-state index is -1.56. The number of amides is 8. The molecule has 2 saturated heterocycles. The van der Waals surface area contributed by atoms with Gasteiger partial charge < -0.3 is 67.9 Å². The van der Waals surface area contributed by atoms with Crippen LogP contribution in [0.5, 0.6) is 11.5 Å². The number of aliphatic hydroxyl groups is 1. The third-order valence-corrected chi connectivity index (χ3v) is 12.7. The van der Waals surface area contributed by atoms with Crippen molar-refractivity contribution in [2.24, 2.45) is 23.5 Å². The van der Waals surface area contributed by atoms with E-state index < -0.39 is 126 Å². The second-order valence-corrected chi connectivity index (χ2v) is 19.8. The molecule has 396 valence electrons. The van der Waals surface area contributed by atoms with Crippen LogP contribution in [-0.2, 0) is 56.0 Å². The van der Waals surface area contributed by atoms with Crippen LogP contribution in [0.25, 0.3) is 0 Å². The molecule has 0 unspecified atom stereocenters. The van der Waals surface area contributed by atoms with E-state index in [1.807, 2.05) is 13.8 Å². The highest BCUT2D eigenvalue weighted by molar-refractivity contribution is 5.98. The second-order valence-electron chi connectivity index (χ2n) is 19.8. The smallest absolute Gasteiger partial charge is 0.326 e. The fourth-order valence-corrected chi connectivity index (χ4v) is 8.71. The molecule has 2 fully saturated rings. The average Bonchev–Trinajstić information content (AvgIpc) is 4.02. The number of carboxylic acids is 1. The summed E-state index contributed by atoms with van der Waals surface area (Å²) in [4.78, 5) is 124. The van der Waals surface area contributed by atoms with Crippen LogP contribution in [0.15, 0.2) is 48.5 Å². The van der Waals surface area contributed by atoms with E-state index in [0.29, 0.717) is 24.0 Å². The molecule has 0 bridgehead atoms. The van der Waals surface area contributed by atoms with Crippen LogP contribution >= 0.6 is 0 Å². The zero-order valence-electron chi connectivity index (χ0n) is 42.1. The number of hydrogen-bond acceptors (Lipinski definition) is 13. The van der Waals surface area contributed by atoms with Gasteiger partial charge in [0, 0.05) is 19.5 Å². The first kappa shape index (κ1) is 57.8. The maximum absolute atomic E-state index is 14.5. The molecule has 22 heteroatoms. The van der Waals surface area contributed by atoms with Crippen molar-refractivity contribution in [3.8, 4) is 11.5 Å². The topological polar surface area (TPSA) is 339 Å². The predicted molar refractivity (Wildman–Crippen MR) is 262 cm³/mol.